The molecule has 0 aromatic heterocycles. The molecule has 15 heavy (non-hydrogen) atoms. The van der Waals surface area contributed by atoms with Crippen LogP contribution in [0.3, 0.4) is 0 Å². The molecule has 1 aromatic rings. The highest BCUT2D eigenvalue weighted by Crippen LogP contribution is 2.29. The molecule has 0 amide bonds. The molecule has 3 N–H and O–H groups in total. The maximum atomic E-state index is 5.98. The van der Waals surface area contributed by atoms with Crippen LogP contribution >= 0.6 is 0 Å². The summed E-state index contributed by atoms with van der Waals surface area (Å²) < 4.78 is 2.30. The molecule has 3 rings (SSSR count). The minimum Gasteiger partial charge on any atom is -0.291 e. The molecule has 0 saturated carbocycles. The van der Waals surface area contributed by atoms with Crippen molar-refractivity contribution in [3.8, 4) is 0 Å². The van der Waals surface area contributed by atoms with Crippen molar-refractivity contribution < 1.29 is 4.58 Å². The normalized spacial score (nSPS) is 24.1. The lowest BCUT2D eigenvalue weighted by molar-refractivity contribution is -0.583. The molecule has 0 aliphatic carbocycles. The van der Waals surface area contributed by atoms with E-state index in [4.69, 9.17) is 5.73 Å². The van der Waals surface area contributed by atoms with E-state index < -0.39 is 0 Å². The number of fused-ring (bicyclic) bond motifs is 3. The summed E-state index contributed by atoms with van der Waals surface area (Å²) in [6, 6.07) is 9.23. The number of nitrogens with one attached hydrogen (secondary N) is 1. The van der Waals surface area contributed by atoms with E-state index in [0.717, 1.165) is 31.9 Å². The molecule has 0 bridgehead atoms. The summed E-state index contributed by atoms with van der Waals surface area (Å²) in [5.74, 6) is 0.848. The number of nitrogens with two attached hydrogens (primary N) is 1. The van der Waals surface area contributed by atoms with Crippen LogP contribution in [0.5, 0.6) is 0 Å². The van der Waals surface area contributed by atoms with Gasteiger partial charge in [0.15, 0.2) is 0 Å². The largest absolute Gasteiger partial charge is 0.343 e. The molecule has 0 saturated heterocycles. The highest BCUT2D eigenvalue weighted by atomic mass is 15.2. The zero-order valence-electron chi connectivity index (χ0n) is 8.74. The van der Waals surface area contributed by atoms with Gasteiger partial charge in [-0.25, -0.2) is 0 Å². The lowest BCUT2D eigenvalue weighted by atomic mass is 9.91. The van der Waals surface area contributed by atoms with Gasteiger partial charge in [0.1, 0.15) is 6.04 Å². The van der Waals surface area contributed by atoms with Gasteiger partial charge in [0.25, 0.3) is 0 Å². The van der Waals surface area contributed by atoms with E-state index in [0.29, 0.717) is 6.04 Å². The predicted molar refractivity (Wildman–Crippen MR) is 59.8 cm³/mol. The smallest absolute Gasteiger partial charge is 0.291 e. The summed E-state index contributed by atoms with van der Waals surface area (Å²) in [6.45, 7) is 2.03. The van der Waals surface area contributed by atoms with Gasteiger partial charge in [-0.15, -0.1) is 0 Å². The summed E-state index contributed by atoms with van der Waals surface area (Å²) in [4.78, 5) is 0. The van der Waals surface area contributed by atoms with Crippen molar-refractivity contribution >= 4 is 5.96 Å². The van der Waals surface area contributed by atoms with Crippen LogP contribution in [0.15, 0.2) is 24.3 Å². The maximum Gasteiger partial charge on any atom is 0.343 e. The average Bonchev–Trinajstić information content (AvgIpc) is 2.29. The molecule has 1 unspecified atom stereocenters. The maximum absolute atomic E-state index is 5.98. The van der Waals surface area contributed by atoms with E-state index in [1.165, 1.54) is 11.1 Å². The third-order valence-corrected chi connectivity index (χ3v) is 3.45. The van der Waals surface area contributed by atoms with Crippen molar-refractivity contribution in [1.82, 2.24) is 5.32 Å². The predicted octanol–water partition coefficient (Wildman–Crippen LogP) is 0.604. The van der Waals surface area contributed by atoms with Crippen molar-refractivity contribution in [3.05, 3.63) is 35.4 Å². The second-order valence-electron chi connectivity index (χ2n) is 4.26. The molecule has 0 fully saturated rings. The molecular weight excluding hydrogens is 186 g/mol. The number of rotatable bonds is 0. The summed E-state index contributed by atoms with van der Waals surface area (Å²) in [7, 11) is 0. The Morgan fingerprint density at radius 3 is 3.13 bits per heavy atom. The van der Waals surface area contributed by atoms with Gasteiger partial charge in [0.05, 0.1) is 13.1 Å². The van der Waals surface area contributed by atoms with Gasteiger partial charge in [0.2, 0.25) is 0 Å². The minimum absolute atomic E-state index is 0.496. The topological polar surface area (TPSA) is 41.1 Å². The third-order valence-electron chi connectivity index (χ3n) is 3.45. The molecule has 0 spiro atoms. The van der Waals surface area contributed by atoms with E-state index in [1.807, 2.05) is 0 Å². The van der Waals surface area contributed by atoms with Gasteiger partial charge < -0.3 is 0 Å². The summed E-state index contributed by atoms with van der Waals surface area (Å²) in [5.41, 5.74) is 8.94. The molecule has 1 aromatic carbocycles. The number of nitrogens with zero attached hydrogens (tertiary/aromatic N) is 1. The van der Waals surface area contributed by atoms with E-state index in [1.54, 1.807) is 0 Å². The molecule has 0 radical (unpaired) electrons. The Hall–Kier alpha value is -1.51. The second-order valence-corrected chi connectivity index (χ2v) is 4.26. The first-order valence-electron chi connectivity index (χ1n) is 5.57. The zero-order chi connectivity index (χ0) is 10.3. The minimum atomic E-state index is 0.496. The van der Waals surface area contributed by atoms with Crippen LogP contribution in [0.4, 0.5) is 0 Å². The zero-order valence-corrected chi connectivity index (χ0v) is 8.74. The Morgan fingerprint density at radius 1 is 1.33 bits per heavy atom. The molecule has 2 heterocycles. The van der Waals surface area contributed by atoms with Crippen LogP contribution in [0, 0.1) is 0 Å². The van der Waals surface area contributed by atoms with E-state index in [-0.39, 0.29) is 0 Å². The summed E-state index contributed by atoms with van der Waals surface area (Å²) in [6.07, 6.45) is 2.26. The first kappa shape index (κ1) is 8.77. The van der Waals surface area contributed by atoms with Gasteiger partial charge in [-0.1, -0.05) is 24.3 Å². The Kier molecular flexibility index (Phi) is 1.91. The SMILES string of the molecule is NC1=[N+]2CCc3ccccc3C2CCN1. The highest BCUT2D eigenvalue weighted by Gasteiger charge is 2.30. The standard InChI is InChI=1S/C12H15N3/c13-12-14-7-5-11-10-4-2-1-3-9(10)6-8-15(11)12/h1-4,11H,5-8H2,(H2,13,14)/p+1. The molecule has 3 heteroatoms. The van der Waals surface area contributed by atoms with Gasteiger partial charge in [-0.2, -0.15) is 0 Å². The number of benzene rings is 1. The van der Waals surface area contributed by atoms with Gasteiger partial charge >= 0.3 is 5.96 Å². The van der Waals surface area contributed by atoms with Crippen LogP contribution in [-0.4, -0.2) is 23.6 Å². The average molecular weight is 202 g/mol. The van der Waals surface area contributed by atoms with Gasteiger partial charge in [-0.3, -0.25) is 15.6 Å². The molecule has 1 atom stereocenters. The van der Waals surface area contributed by atoms with E-state index in [2.05, 4.69) is 34.2 Å². The van der Waals surface area contributed by atoms with Crippen LogP contribution in [0.2, 0.25) is 0 Å². The molecule has 3 nitrogen and oxygen atoms in total. The van der Waals surface area contributed by atoms with E-state index in [9.17, 15) is 0 Å². The number of guanidine groups is 1. The summed E-state index contributed by atoms with van der Waals surface area (Å²) >= 11 is 0. The number of hydrogen-bond acceptors (Lipinski definition) is 2. The molecular formula is C12H16N3+. The molecule has 2 aliphatic rings. The van der Waals surface area contributed by atoms with E-state index >= 15 is 0 Å². The van der Waals surface area contributed by atoms with Crippen LogP contribution in [0.25, 0.3) is 0 Å². The second kappa shape index (κ2) is 3.26. The van der Waals surface area contributed by atoms with Crippen LogP contribution < -0.4 is 11.1 Å². The first-order valence-corrected chi connectivity index (χ1v) is 5.57. The lowest BCUT2D eigenvalue weighted by Crippen LogP contribution is -2.49. The van der Waals surface area contributed by atoms with Gasteiger partial charge in [-0.05, 0) is 11.1 Å². The van der Waals surface area contributed by atoms with Gasteiger partial charge in [0, 0.05) is 12.8 Å². The fourth-order valence-electron chi connectivity index (χ4n) is 2.69. The van der Waals surface area contributed by atoms with Crippen molar-refractivity contribution in [2.24, 2.45) is 5.73 Å². The molecule has 2 aliphatic heterocycles. The third kappa shape index (κ3) is 1.30. The van der Waals surface area contributed by atoms with Crippen molar-refractivity contribution in [3.63, 3.8) is 0 Å². The first-order chi connectivity index (χ1) is 7.36. The Bertz CT molecular complexity index is 423. The Labute approximate surface area is 89.6 Å². The Morgan fingerprint density at radius 2 is 2.20 bits per heavy atom. The van der Waals surface area contributed by atoms with Crippen molar-refractivity contribution in [1.29, 1.82) is 0 Å². The lowest BCUT2D eigenvalue weighted by Gasteiger charge is -2.31. The van der Waals surface area contributed by atoms with Crippen molar-refractivity contribution in [2.75, 3.05) is 13.1 Å². The highest BCUT2D eigenvalue weighted by molar-refractivity contribution is 5.73. The Balaban J connectivity index is 2.11. The number of hydrogen-bond donors (Lipinski definition) is 2. The van der Waals surface area contributed by atoms with Crippen LogP contribution in [-0.2, 0) is 6.42 Å². The fraction of sp³-hybridized carbons (Fsp3) is 0.417. The monoisotopic (exact) mass is 202 g/mol. The fourth-order valence-corrected chi connectivity index (χ4v) is 2.69. The summed E-state index contributed by atoms with van der Waals surface area (Å²) in [5, 5.41) is 3.23. The quantitative estimate of drug-likeness (QED) is 0.605. The van der Waals surface area contributed by atoms with Crippen LogP contribution in [0.1, 0.15) is 23.6 Å². The molecule has 78 valence electrons. The van der Waals surface area contributed by atoms with Crippen molar-refractivity contribution in [2.45, 2.75) is 18.9 Å².